The number of aromatic amines is 1. The Morgan fingerprint density at radius 3 is 2.65 bits per heavy atom. The number of aromatic nitrogens is 2. The van der Waals surface area contributed by atoms with Gasteiger partial charge in [-0.3, -0.25) is 5.10 Å². The minimum absolute atomic E-state index is 0.0197. The molecule has 0 atom stereocenters. The van der Waals surface area contributed by atoms with E-state index in [1.54, 1.807) is 18.2 Å². The maximum absolute atomic E-state index is 12.0. The first-order valence-electron chi connectivity index (χ1n) is 5.42. The largest absolute Gasteiger partial charge is 0.267 e. The molecule has 0 aliphatic carbocycles. The first-order valence-corrected chi connectivity index (χ1v) is 8.20. The number of benzene rings is 1. The van der Waals surface area contributed by atoms with Crippen molar-refractivity contribution in [1.82, 2.24) is 10.2 Å². The highest BCUT2D eigenvalue weighted by molar-refractivity contribution is 7.91. The molecule has 2 aromatic rings. The van der Waals surface area contributed by atoms with E-state index in [9.17, 15) is 8.42 Å². The summed E-state index contributed by atoms with van der Waals surface area (Å²) in [5, 5.41) is 7.05. The zero-order valence-electron chi connectivity index (χ0n) is 9.98. The van der Waals surface area contributed by atoms with E-state index in [0.29, 0.717) is 15.6 Å². The van der Waals surface area contributed by atoms with Gasteiger partial charge in [0.2, 0.25) is 0 Å². The summed E-state index contributed by atoms with van der Waals surface area (Å²) in [6.07, 6.45) is 2.86. The van der Waals surface area contributed by atoms with Crippen LogP contribution in [0.3, 0.4) is 0 Å². The lowest BCUT2D eigenvalue weighted by Gasteiger charge is -2.03. The average Bonchev–Trinajstić information content (AvgIpc) is 2.86. The van der Waals surface area contributed by atoms with Crippen LogP contribution in [0.5, 0.6) is 0 Å². The molecular formula is C12H9Cl3N2O2S. The number of sulfone groups is 1. The molecule has 0 bridgehead atoms. The lowest BCUT2D eigenvalue weighted by atomic mass is 10.2. The van der Waals surface area contributed by atoms with E-state index in [1.165, 1.54) is 18.3 Å². The SMILES string of the molecule is O=S(=O)(CC(Cl)=Cc1ccc(Cl)cc1Cl)c1ccn[nH]1. The van der Waals surface area contributed by atoms with E-state index in [-0.39, 0.29) is 15.8 Å². The highest BCUT2D eigenvalue weighted by Crippen LogP contribution is 2.25. The summed E-state index contributed by atoms with van der Waals surface area (Å²) in [5.41, 5.74) is 0.598. The molecule has 1 heterocycles. The Labute approximate surface area is 131 Å². The van der Waals surface area contributed by atoms with Gasteiger partial charge < -0.3 is 0 Å². The monoisotopic (exact) mass is 350 g/mol. The first kappa shape index (κ1) is 15.4. The Kier molecular flexibility index (Phi) is 4.75. The van der Waals surface area contributed by atoms with Crippen molar-refractivity contribution in [3.8, 4) is 0 Å². The van der Waals surface area contributed by atoms with Crippen LogP contribution in [-0.2, 0) is 9.84 Å². The fourth-order valence-electron chi connectivity index (χ4n) is 1.50. The minimum atomic E-state index is -3.54. The normalized spacial score (nSPS) is 12.7. The van der Waals surface area contributed by atoms with E-state index in [1.807, 2.05) is 0 Å². The Hall–Kier alpha value is -1.01. The summed E-state index contributed by atoms with van der Waals surface area (Å²) >= 11 is 17.8. The van der Waals surface area contributed by atoms with E-state index < -0.39 is 9.84 Å². The van der Waals surface area contributed by atoms with Crippen molar-refractivity contribution in [3.63, 3.8) is 0 Å². The molecule has 20 heavy (non-hydrogen) atoms. The van der Waals surface area contributed by atoms with Crippen molar-refractivity contribution in [1.29, 1.82) is 0 Å². The van der Waals surface area contributed by atoms with Gasteiger partial charge in [-0.1, -0.05) is 40.9 Å². The zero-order chi connectivity index (χ0) is 14.8. The molecule has 1 aromatic carbocycles. The third-order valence-corrected chi connectivity index (χ3v) is 4.96. The van der Waals surface area contributed by atoms with E-state index in [2.05, 4.69) is 10.2 Å². The first-order chi connectivity index (χ1) is 9.38. The van der Waals surface area contributed by atoms with Crippen molar-refractivity contribution in [3.05, 3.63) is 51.1 Å². The summed E-state index contributed by atoms with van der Waals surface area (Å²) in [6.45, 7) is 0. The predicted molar refractivity (Wildman–Crippen MR) is 80.9 cm³/mol. The van der Waals surface area contributed by atoms with Gasteiger partial charge in [0.05, 0.1) is 11.9 Å². The summed E-state index contributed by atoms with van der Waals surface area (Å²) in [6, 6.07) is 6.24. The molecule has 0 aliphatic rings. The molecule has 0 saturated carbocycles. The van der Waals surface area contributed by atoms with Gasteiger partial charge in [0, 0.05) is 15.1 Å². The second kappa shape index (κ2) is 6.18. The number of halogens is 3. The molecule has 4 nitrogen and oxygen atoms in total. The average molecular weight is 352 g/mol. The number of nitrogens with one attached hydrogen (secondary N) is 1. The molecule has 2 rings (SSSR count). The molecule has 0 unspecified atom stereocenters. The highest BCUT2D eigenvalue weighted by Gasteiger charge is 2.17. The van der Waals surface area contributed by atoms with Crippen LogP contribution >= 0.6 is 34.8 Å². The van der Waals surface area contributed by atoms with Crippen LogP contribution in [0.15, 0.2) is 40.5 Å². The van der Waals surface area contributed by atoms with Crippen LogP contribution in [0.1, 0.15) is 5.56 Å². The third kappa shape index (κ3) is 3.76. The van der Waals surface area contributed by atoms with Crippen molar-refractivity contribution in [2.24, 2.45) is 0 Å². The molecule has 0 radical (unpaired) electrons. The van der Waals surface area contributed by atoms with Crippen molar-refractivity contribution >= 4 is 50.7 Å². The van der Waals surface area contributed by atoms with Crippen LogP contribution < -0.4 is 0 Å². The molecule has 0 saturated heterocycles. The van der Waals surface area contributed by atoms with Crippen LogP contribution in [0, 0.1) is 0 Å². The fourth-order valence-corrected chi connectivity index (χ4v) is 3.58. The molecule has 1 aromatic heterocycles. The lowest BCUT2D eigenvalue weighted by molar-refractivity contribution is 0.594. The number of nitrogens with zero attached hydrogens (tertiary/aromatic N) is 1. The minimum Gasteiger partial charge on any atom is -0.267 e. The zero-order valence-corrected chi connectivity index (χ0v) is 13.1. The van der Waals surface area contributed by atoms with Crippen LogP contribution in [-0.4, -0.2) is 24.4 Å². The van der Waals surface area contributed by atoms with Gasteiger partial charge in [-0.05, 0) is 29.8 Å². The fraction of sp³-hybridized carbons (Fsp3) is 0.0833. The molecule has 0 aliphatic heterocycles. The lowest BCUT2D eigenvalue weighted by Crippen LogP contribution is -2.07. The van der Waals surface area contributed by atoms with Crippen LogP contribution in [0.4, 0.5) is 0 Å². The number of hydrogen-bond acceptors (Lipinski definition) is 3. The summed E-state index contributed by atoms with van der Waals surface area (Å²) in [5.74, 6) is -0.338. The Morgan fingerprint density at radius 2 is 2.05 bits per heavy atom. The van der Waals surface area contributed by atoms with Crippen LogP contribution in [0.2, 0.25) is 10.0 Å². The summed E-state index contributed by atoms with van der Waals surface area (Å²) < 4.78 is 24.0. The third-order valence-electron chi connectivity index (χ3n) is 2.41. The second-order valence-corrected chi connectivity index (χ2v) is 7.22. The van der Waals surface area contributed by atoms with Gasteiger partial charge in [0.1, 0.15) is 0 Å². The van der Waals surface area contributed by atoms with Gasteiger partial charge in [-0.2, -0.15) is 5.10 Å². The van der Waals surface area contributed by atoms with Crippen molar-refractivity contribution in [2.45, 2.75) is 5.03 Å². The van der Waals surface area contributed by atoms with E-state index in [4.69, 9.17) is 34.8 Å². The number of hydrogen-bond donors (Lipinski definition) is 1. The molecule has 0 spiro atoms. The quantitative estimate of drug-likeness (QED) is 0.912. The summed E-state index contributed by atoms with van der Waals surface area (Å²) in [4.78, 5) is 0. The highest BCUT2D eigenvalue weighted by atomic mass is 35.5. The van der Waals surface area contributed by atoms with Gasteiger partial charge in [-0.15, -0.1) is 0 Å². The molecular weight excluding hydrogens is 343 g/mol. The second-order valence-electron chi connectivity index (χ2n) is 3.94. The Morgan fingerprint density at radius 1 is 1.30 bits per heavy atom. The number of H-pyrrole nitrogens is 1. The standard InChI is InChI=1S/C12H9Cl3N2O2S/c13-9-2-1-8(11(15)6-9)5-10(14)7-20(18,19)12-3-4-16-17-12/h1-6H,7H2,(H,16,17). The maximum Gasteiger partial charge on any atom is 0.200 e. The van der Waals surface area contributed by atoms with E-state index >= 15 is 0 Å². The Bertz CT molecular complexity index is 740. The molecule has 1 N–H and O–H groups in total. The van der Waals surface area contributed by atoms with Gasteiger partial charge >= 0.3 is 0 Å². The molecule has 0 fully saturated rings. The maximum atomic E-state index is 12.0. The molecule has 0 amide bonds. The van der Waals surface area contributed by atoms with E-state index in [0.717, 1.165) is 0 Å². The van der Waals surface area contributed by atoms with Gasteiger partial charge in [0.25, 0.3) is 0 Å². The number of rotatable bonds is 4. The molecule has 106 valence electrons. The van der Waals surface area contributed by atoms with Crippen molar-refractivity contribution in [2.75, 3.05) is 5.75 Å². The van der Waals surface area contributed by atoms with Crippen LogP contribution in [0.25, 0.3) is 6.08 Å². The molecule has 8 heteroatoms. The Balaban J connectivity index is 2.24. The smallest absolute Gasteiger partial charge is 0.200 e. The van der Waals surface area contributed by atoms with Gasteiger partial charge in [-0.25, -0.2) is 8.42 Å². The summed E-state index contributed by atoms with van der Waals surface area (Å²) in [7, 11) is -3.54. The topological polar surface area (TPSA) is 62.8 Å². The van der Waals surface area contributed by atoms with Crippen molar-refractivity contribution < 1.29 is 8.42 Å². The predicted octanol–water partition coefficient (Wildman–Crippen LogP) is 3.77. The van der Waals surface area contributed by atoms with Gasteiger partial charge in [0.15, 0.2) is 14.9 Å².